The molecule has 0 aliphatic carbocycles. The van der Waals surface area contributed by atoms with Gasteiger partial charge in [0.1, 0.15) is 5.82 Å². The van der Waals surface area contributed by atoms with Crippen molar-refractivity contribution in [3.05, 3.63) is 53.8 Å². The second kappa shape index (κ2) is 5.31. The fourth-order valence-corrected chi connectivity index (χ4v) is 1.48. The van der Waals surface area contributed by atoms with Crippen LogP contribution in [-0.2, 0) is 0 Å². The minimum Gasteiger partial charge on any atom is -0.504 e. The van der Waals surface area contributed by atoms with Crippen LogP contribution in [-0.4, -0.2) is 18.4 Å². The van der Waals surface area contributed by atoms with E-state index in [2.05, 4.69) is 4.99 Å². The molecule has 1 N–H and O–H groups in total. The summed E-state index contributed by atoms with van der Waals surface area (Å²) in [6.45, 7) is 0. The van der Waals surface area contributed by atoms with E-state index in [0.717, 1.165) is 0 Å². The van der Waals surface area contributed by atoms with E-state index in [9.17, 15) is 9.50 Å². The maximum Gasteiger partial charge on any atom is 0.166 e. The Bertz CT molecular complexity index is 565. The summed E-state index contributed by atoms with van der Waals surface area (Å²) in [5.41, 5.74) is 1.15. The van der Waals surface area contributed by atoms with Crippen molar-refractivity contribution in [2.75, 3.05) is 7.11 Å². The number of aromatic hydroxyl groups is 1. The number of phenols is 1. The summed E-state index contributed by atoms with van der Waals surface area (Å²) in [7, 11) is 1.48. The molecule has 0 spiro atoms. The van der Waals surface area contributed by atoms with Crippen LogP contribution in [0.2, 0.25) is 0 Å². The number of hydrogen-bond acceptors (Lipinski definition) is 3. The quantitative estimate of drug-likeness (QED) is 0.843. The number of methoxy groups -OCH3 is 1. The normalized spacial score (nSPS) is 10.8. The van der Waals surface area contributed by atoms with Gasteiger partial charge in [-0.1, -0.05) is 6.07 Å². The first-order chi connectivity index (χ1) is 8.70. The molecule has 2 rings (SSSR count). The Morgan fingerprint density at radius 1 is 1.17 bits per heavy atom. The van der Waals surface area contributed by atoms with Crippen molar-refractivity contribution in [1.82, 2.24) is 0 Å². The summed E-state index contributed by atoms with van der Waals surface area (Å²) in [5, 5.41) is 9.83. The van der Waals surface area contributed by atoms with E-state index < -0.39 is 0 Å². The Labute approximate surface area is 104 Å². The lowest BCUT2D eigenvalue weighted by molar-refractivity contribution is 0.373. The van der Waals surface area contributed by atoms with Gasteiger partial charge in [-0.2, -0.15) is 0 Å². The number of hydrogen-bond donors (Lipinski definition) is 1. The topological polar surface area (TPSA) is 41.8 Å². The van der Waals surface area contributed by atoms with Gasteiger partial charge in [0, 0.05) is 11.8 Å². The Balaban J connectivity index is 2.26. The molecule has 2 aromatic rings. The summed E-state index contributed by atoms with van der Waals surface area (Å²) in [5.74, 6) is 0.113. The predicted molar refractivity (Wildman–Crippen MR) is 68.3 cm³/mol. The van der Waals surface area contributed by atoms with Gasteiger partial charge in [-0.05, 0) is 36.4 Å². The Morgan fingerprint density at radius 3 is 2.56 bits per heavy atom. The van der Waals surface area contributed by atoms with Gasteiger partial charge < -0.3 is 9.84 Å². The second-order valence-electron chi connectivity index (χ2n) is 3.63. The third-order valence-corrected chi connectivity index (χ3v) is 2.43. The maximum atomic E-state index is 12.7. The SMILES string of the molecule is COc1cccc(C=Nc2ccc(F)cc2)c1O. The number of ether oxygens (including phenoxy) is 1. The lowest BCUT2D eigenvalue weighted by Crippen LogP contribution is -1.88. The number of rotatable bonds is 3. The third-order valence-electron chi connectivity index (χ3n) is 2.43. The van der Waals surface area contributed by atoms with Crippen molar-refractivity contribution < 1.29 is 14.2 Å². The maximum absolute atomic E-state index is 12.7. The molecule has 0 aromatic heterocycles. The van der Waals surface area contributed by atoms with Crippen LogP contribution in [0.4, 0.5) is 10.1 Å². The summed E-state index contributed by atoms with van der Waals surface area (Å²) < 4.78 is 17.7. The first-order valence-electron chi connectivity index (χ1n) is 5.36. The number of para-hydroxylation sites is 1. The highest BCUT2D eigenvalue weighted by Gasteiger charge is 2.04. The first-order valence-corrected chi connectivity index (χ1v) is 5.36. The predicted octanol–water partition coefficient (Wildman–Crippen LogP) is 3.29. The smallest absolute Gasteiger partial charge is 0.166 e. The molecule has 0 heterocycles. The number of benzene rings is 2. The molecular weight excluding hydrogens is 233 g/mol. The van der Waals surface area contributed by atoms with Gasteiger partial charge in [-0.25, -0.2) is 4.39 Å². The highest BCUT2D eigenvalue weighted by molar-refractivity contribution is 5.86. The second-order valence-corrected chi connectivity index (χ2v) is 3.63. The molecule has 0 unspecified atom stereocenters. The Hall–Kier alpha value is -2.36. The van der Waals surface area contributed by atoms with Crippen molar-refractivity contribution in [1.29, 1.82) is 0 Å². The zero-order valence-corrected chi connectivity index (χ0v) is 9.80. The van der Waals surface area contributed by atoms with Gasteiger partial charge in [-0.3, -0.25) is 4.99 Å². The van der Waals surface area contributed by atoms with E-state index in [0.29, 0.717) is 17.0 Å². The molecule has 18 heavy (non-hydrogen) atoms. The molecule has 0 fully saturated rings. The highest BCUT2D eigenvalue weighted by Crippen LogP contribution is 2.28. The van der Waals surface area contributed by atoms with Crippen LogP contribution in [0.5, 0.6) is 11.5 Å². The molecule has 4 heteroatoms. The molecule has 0 bridgehead atoms. The summed E-state index contributed by atoms with van der Waals surface area (Å²) in [6, 6.07) is 10.9. The summed E-state index contributed by atoms with van der Waals surface area (Å²) >= 11 is 0. The molecule has 0 saturated heterocycles. The average molecular weight is 245 g/mol. The third kappa shape index (κ3) is 2.66. The zero-order chi connectivity index (χ0) is 13.0. The van der Waals surface area contributed by atoms with E-state index in [1.54, 1.807) is 30.3 Å². The molecule has 0 aliphatic rings. The van der Waals surface area contributed by atoms with Crippen LogP contribution < -0.4 is 4.74 Å². The molecular formula is C14H12FNO2. The van der Waals surface area contributed by atoms with Crippen molar-refractivity contribution >= 4 is 11.9 Å². The van der Waals surface area contributed by atoms with Crippen LogP contribution in [0.1, 0.15) is 5.56 Å². The van der Waals surface area contributed by atoms with Crippen LogP contribution in [0.15, 0.2) is 47.5 Å². The molecule has 0 aliphatic heterocycles. The number of aliphatic imine (C=N–C) groups is 1. The lowest BCUT2D eigenvalue weighted by atomic mass is 10.2. The van der Waals surface area contributed by atoms with Crippen molar-refractivity contribution in [2.24, 2.45) is 4.99 Å². The lowest BCUT2D eigenvalue weighted by Gasteiger charge is -2.04. The van der Waals surface area contributed by atoms with Gasteiger partial charge in [-0.15, -0.1) is 0 Å². The van der Waals surface area contributed by atoms with Gasteiger partial charge in [0.15, 0.2) is 11.5 Å². The van der Waals surface area contributed by atoms with Gasteiger partial charge in [0.05, 0.1) is 12.8 Å². The fourth-order valence-electron chi connectivity index (χ4n) is 1.48. The van der Waals surface area contributed by atoms with E-state index in [1.807, 2.05) is 0 Å². The first kappa shape index (κ1) is 12.1. The summed E-state index contributed by atoms with van der Waals surface area (Å²) in [6.07, 6.45) is 1.51. The van der Waals surface area contributed by atoms with Crippen molar-refractivity contribution in [3.8, 4) is 11.5 Å². The van der Waals surface area contributed by atoms with E-state index in [4.69, 9.17) is 4.74 Å². The standard InChI is InChI=1S/C14H12FNO2/c1-18-13-4-2-3-10(14(13)17)9-16-12-7-5-11(15)6-8-12/h2-9,17H,1H3. The number of phenolic OH excluding ortho intramolecular Hbond substituents is 1. The fraction of sp³-hybridized carbons (Fsp3) is 0.0714. The van der Waals surface area contributed by atoms with Gasteiger partial charge in [0.2, 0.25) is 0 Å². The molecule has 0 radical (unpaired) electrons. The zero-order valence-electron chi connectivity index (χ0n) is 9.80. The minimum atomic E-state index is -0.307. The van der Waals surface area contributed by atoms with E-state index in [1.165, 1.54) is 25.5 Å². The minimum absolute atomic E-state index is 0.0332. The van der Waals surface area contributed by atoms with Crippen molar-refractivity contribution in [2.45, 2.75) is 0 Å². The average Bonchev–Trinajstić information content (AvgIpc) is 2.39. The van der Waals surface area contributed by atoms with E-state index in [-0.39, 0.29) is 11.6 Å². The number of nitrogens with zero attached hydrogens (tertiary/aromatic N) is 1. The van der Waals surface area contributed by atoms with Crippen LogP contribution in [0.3, 0.4) is 0 Å². The number of halogens is 1. The van der Waals surface area contributed by atoms with Crippen molar-refractivity contribution in [3.63, 3.8) is 0 Å². The molecule has 3 nitrogen and oxygen atoms in total. The van der Waals surface area contributed by atoms with Crippen LogP contribution in [0, 0.1) is 5.82 Å². The largest absolute Gasteiger partial charge is 0.504 e. The van der Waals surface area contributed by atoms with Crippen LogP contribution in [0.25, 0.3) is 0 Å². The molecule has 0 saturated carbocycles. The Kier molecular flexibility index (Phi) is 3.57. The van der Waals surface area contributed by atoms with E-state index >= 15 is 0 Å². The monoisotopic (exact) mass is 245 g/mol. The molecule has 0 atom stereocenters. The summed E-state index contributed by atoms with van der Waals surface area (Å²) in [4.78, 5) is 4.15. The highest BCUT2D eigenvalue weighted by atomic mass is 19.1. The Morgan fingerprint density at radius 2 is 1.89 bits per heavy atom. The van der Waals surface area contributed by atoms with Crippen LogP contribution >= 0.6 is 0 Å². The van der Waals surface area contributed by atoms with Gasteiger partial charge >= 0.3 is 0 Å². The van der Waals surface area contributed by atoms with Gasteiger partial charge in [0.25, 0.3) is 0 Å². The molecule has 92 valence electrons. The molecule has 0 amide bonds. The molecule has 2 aromatic carbocycles.